The number of amides is 1. The molecule has 1 N–H and O–H groups in total. The molecule has 11 heteroatoms. The van der Waals surface area contributed by atoms with E-state index >= 15 is 0 Å². The first kappa shape index (κ1) is 22.7. The van der Waals surface area contributed by atoms with Crippen LogP contribution in [0.1, 0.15) is 10.4 Å². The molecule has 3 aromatic carbocycles. The second-order valence-electron chi connectivity index (χ2n) is 6.91. The van der Waals surface area contributed by atoms with Gasteiger partial charge in [-0.1, -0.05) is 28.9 Å². The predicted octanol–water partition coefficient (Wildman–Crippen LogP) is 5.23. The Bertz CT molecular complexity index is 1390. The number of nitrogens with zero attached hydrogens (tertiary/aromatic N) is 3. The SMILES string of the molecule is COc1ccc(-c2noc(-c3ccccc3NC(=O)c3cc([N+](=O)[O-])ccc3Cl)n2)cc1OC. The van der Waals surface area contributed by atoms with Crippen molar-refractivity contribution in [3.05, 3.63) is 81.4 Å². The van der Waals surface area contributed by atoms with E-state index in [1.54, 1.807) is 42.5 Å². The van der Waals surface area contributed by atoms with Gasteiger partial charge in [-0.2, -0.15) is 4.98 Å². The van der Waals surface area contributed by atoms with Gasteiger partial charge in [-0.15, -0.1) is 0 Å². The van der Waals surface area contributed by atoms with Gasteiger partial charge in [-0.05, 0) is 36.4 Å². The lowest BCUT2D eigenvalue weighted by Gasteiger charge is -2.09. The van der Waals surface area contributed by atoms with Crippen molar-refractivity contribution in [2.75, 3.05) is 19.5 Å². The molecule has 172 valence electrons. The fourth-order valence-electron chi connectivity index (χ4n) is 3.19. The minimum atomic E-state index is -0.624. The van der Waals surface area contributed by atoms with E-state index in [0.29, 0.717) is 34.1 Å². The van der Waals surface area contributed by atoms with Gasteiger partial charge in [0.25, 0.3) is 17.5 Å². The lowest BCUT2D eigenvalue weighted by molar-refractivity contribution is -0.384. The highest BCUT2D eigenvalue weighted by Gasteiger charge is 2.20. The topological polar surface area (TPSA) is 130 Å². The highest BCUT2D eigenvalue weighted by Crippen LogP contribution is 2.33. The number of anilines is 1. The van der Waals surface area contributed by atoms with Crippen molar-refractivity contribution in [3.63, 3.8) is 0 Å². The molecule has 1 amide bonds. The summed E-state index contributed by atoms with van der Waals surface area (Å²) in [5.74, 6) is 0.904. The molecule has 0 aliphatic rings. The Hall–Kier alpha value is -4.44. The van der Waals surface area contributed by atoms with E-state index in [1.165, 1.54) is 26.4 Å². The summed E-state index contributed by atoms with van der Waals surface area (Å²) in [5, 5.41) is 17.9. The van der Waals surface area contributed by atoms with E-state index in [2.05, 4.69) is 15.5 Å². The number of non-ortho nitro benzene ring substituents is 1. The number of rotatable bonds is 7. The summed E-state index contributed by atoms with van der Waals surface area (Å²) in [5.41, 5.74) is 1.16. The van der Waals surface area contributed by atoms with E-state index < -0.39 is 10.8 Å². The number of hydrogen-bond donors (Lipinski definition) is 1. The molecular formula is C23H17ClN4O6. The lowest BCUT2D eigenvalue weighted by atomic mass is 10.1. The van der Waals surface area contributed by atoms with Gasteiger partial charge in [0, 0.05) is 17.7 Å². The summed E-state index contributed by atoms with van der Waals surface area (Å²) in [6.45, 7) is 0. The van der Waals surface area contributed by atoms with Gasteiger partial charge >= 0.3 is 0 Å². The van der Waals surface area contributed by atoms with Gasteiger partial charge in [-0.3, -0.25) is 14.9 Å². The fraction of sp³-hybridized carbons (Fsp3) is 0.0870. The summed E-state index contributed by atoms with van der Waals surface area (Å²) in [6, 6.07) is 15.6. The van der Waals surface area contributed by atoms with Crippen LogP contribution >= 0.6 is 11.6 Å². The molecule has 0 atom stereocenters. The molecule has 0 bridgehead atoms. The highest BCUT2D eigenvalue weighted by atomic mass is 35.5. The number of carbonyl (C=O) groups is 1. The normalized spacial score (nSPS) is 10.6. The minimum absolute atomic E-state index is 0.0396. The average molecular weight is 481 g/mol. The number of methoxy groups -OCH3 is 2. The number of halogens is 1. The zero-order valence-corrected chi connectivity index (χ0v) is 18.7. The number of hydrogen-bond acceptors (Lipinski definition) is 8. The Morgan fingerprint density at radius 2 is 1.82 bits per heavy atom. The first-order chi connectivity index (χ1) is 16.4. The van der Waals surface area contributed by atoms with E-state index in [1.807, 2.05) is 0 Å². The summed E-state index contributed by atoms with van der Waals surface area (Å²) in [7, 11) is 3.06. The Morgan fingerprint density at radius 1 is 1.06 bits per heavy atom. The molecule has 0 radical (unpaired) electrons. The molecule has 4 aromatic rings. The molecule has 1 aromatic heterocycles. The lowest BCUT2D eigenvalue weighted by Crippen LogP contribution is -2.13. The summed E-state index contributed by atoms with van der Waals surface area (Å²) in [4.78, 5) is 27.7. The Morgan fingerprint density at radius 3 is 2.56 bits per heavy atom. The van der Waals surface area contributed by atoms with Crippen molar-refractivity contribution in [2.45, 2.75) is 0 Å². The number of nitro groups is 1. The Kier molecular flexibility index (Phi) is 6.42. The predicted molar refractivity (Wildman–Crippen MR) is 124 cm³/mol. The van der Waals surface area contributed by atoms with Crippen LogP contribution in [0, 0.1) is 10.1 Å². The standard InChI is InChI=1S/C23H17ClN4O6/c1-32-19-10-7-13(11-20(19)33-2)21-26-23(34-27-21)15-5-3-4-6-18(15)25-22(29)16-12-14(28(30)31)8-9-17(16)24/h3-12H,1-2H3,(H,25,29). The zero-order chi connectivity index (χ0) is 24.2. The monoisotopic (exact) mass is 480 g/mol. The fourth-order valence-corrected chi connectivity index (χ4v) is 3.40. The van der Waals surface area contributed by atoms with Gasteiger partial charge in [0.15, 0.2) is 11.5 Å². The van der Waals surface area contributed by atoms with Crippen LogP contribution in [0.5, 0.6) is 11.5 Å². The quantitative estimate of drug-likeness (QED) is 0.281. The van der Waals surface area contributed by atoms with Crippen LogP contribution in [-0.2, 0) is 0 Å². The second-order valence-corrected chi connectivity index (χ2v) is 7.32. The van der Waals surface area contributed by atoms with Crippen molar-refractivity contribution in [1.29, 1.82) is 0 Å². The van der Waals surface area contributed by atoms with Crippen molar-refractivity contribution >= 4 is 28.9 Å². The number of benzene rings is 3. The van der Waals surface area contributed by atoms with Gasteiger partial charge < -0.3 is 19.3 Å². The number of nitro benzene ring substituents is 1. The van der Waals surface area contributed by atoms with Crippen LogP contribution in [0.4, 0.5) is 11.4 Å². The van der Waals surface area contributed by atoms with Gasteiger partial charge in [0.2, 0.25) is 5.82 Å². The van der Waals surface area contributed by atoms with E-state index in [9.17, 15) is 14.9 Å². The molecular weight excluding hydrogens is 464 g/mol. The van der Waals surface area contributed by atoms with E-state index in [-0.39, 0.29) is 22.2 Å². The van der Waals surface area contributed by atoms with Crippen molar-refractivity contribution in [3.8, 4) is 34.3 Å². The molecule has 1 heterocycles. The number of carbonyl (C=O) groups excluding carboxylic acids is 1. The molecule has 10 nitrogen and oxygen atoms in total. The molecule has 0 spiro atoms. The largest absolute Gasteiger partial charge is 0.493 e. The third kappa shape index (κ3) is 4.52. The molecule has 34 heavy (non-hydrogen) atoms. The van der Waals surface area contributed by atoms with E-state index in [0.717, 1.165) is 6.07 Å². The first-order valence-electron chi connectivity index (χ1n) is 9.82. The maximum Gasteiger partial charge on any atom is 0.270 e. The number of ether oxygens (including phenoxy) is 2. The molecule has 0 unspecified atom stereocenters. The molecule has 0 fully saturated rings. The molecule has 4 rings (SSSR count). The summed E-state index contributed by atoms with van der Waals surface area (Å²) in [6.07, 6.45) is 0. The van der Waals surface area contributed by atoms with Gasteiger partial charge in [-0.25, -0.2) is 0 Å². The first-order valence-corrected chi connectivity index (χ1v) is 10.2. The third-order valence-electron chi connectivity index (χ3n) is 4.88. The van der Waals surface area contributed by atoms with Gasteiger partial charge in [0.1, 0.15) is 0 Å². The molecule has 0 aliphatic carbocycles. The Labute approximate surface area is 198 Å². The van der Waals surface area contributed by atoms with E-state index in [4.69, 9.17) is 25.6 Å². The van der Waals surface area contributed by atoms with Crippen LogP contribution in [-0.4, -0.2) is 35.2 Å². The highest BCUT2D eigenvalue weighted by molar-refractivity contribution is 6.34. The number of nitrogens with one attached hydrogen (secondary N) is 1. The number of para-hydroxylation sites is 1. The average Bonchev–Trinajstić information content (AvgIpc) is 3.34. The van der Waals surface area contributed by atoms with Crippen LogP contribution in [0.3, 0.4) is 0 Å². The smallest absolute Gasteiger partial charge is 0.270 e. The second kappa shape index (κ2) is 9.59. The number of aromatic nitrogens is 2. The van der Waals surface area contributed by atoms with Crippen molar-refractivity contribution in [1.82, 2.24) is 10.1 Å². The Balaban J connectivity index is 1.64. The zero-order valence-electron chi connectivity index (χ0n) is 17.9. The maximum atomic E-state index is 12.8. The minimum Gasteiger partial charge on any atom is -0.493 e. The maximum absolute atomic E-state index is 12.8. The molecule has 0 saturated heterocycles. The van der Waals surface area contributed by atoms with Gasteiger partial charge in [0.05, 0.1) is 41.0 Å². The van der Waals surface area contributed by atoms with Crippen LogP contribution in [0.25, 0.3) is 22.8 Å². The van der Waals surface area contributed by atoms with Crippen molar-refractivity contribution < 1.29 is 23.7 Å². The van der Waals surface area contributed by atoms with Crippen LogP contribution in [0.2, 0.25) is 5.02 Å². The summed E-state index contributed by atoms with van der Waals surface area (Å²) >= 11 is 6.09. The molecule has 0 aliphatic heterocycles. The van der Waals surface area contributed by atoms with Crippen LogP contribution < -0.4 is 14.8 Å². The molecule has 0 saturated carbocycles. The van der Waals surface area contributed by atoms with Crippen LogP contribution in [0.15, 0.2) is 65.2 Å². The van der Waals surface area contributed by atoms with Crippen molar-refractivity contribution in [2.24, 2.45) is 0 Å². The third-order valence-corrected chi connectivity index (χ3v) is 5.21. The summed E-state index contributed by atoms with van der Waals surface area (Å²) < 4.78 is 16.0.